The van der Waals surface area contributed by atoms with Gasteiger partial charge in [0.25, 0.3) is 0 Å². The molecule has 1 aliphatic carbocycles. The largest absolute Gasteiger partial charge is 0.353 e. The SMILES string of the molecule is O=C(CC1CCS(=O)(=O)CC1)NC1CCCCC1. The van der Waals surface area contributed by atoms with Gasteiger partial charge in [-0.2, -0.15) is 0 Å². The summed E-state index contributed by atoms with van der Waals surface area (Å²) in [5.41, 5.74) is 0. The van der Waals surface area contributed by atoms with Crippen LogP contribution in [0.4, 0.5) is 0 Å². The van der Waals surface area contributed by atoms with E-state index in [1.54, 1.807) is 0 Å². The van der Waals surface area contributed by atoms with Gasteiger partial charge >= 0.3 is 0 Å². The highest BCUT2D eigenvalue weighted by Gasteiger charge is 2.26. The predicted molar refractivity (Wildman–Crippen MR) is 71.0 cm³/mol. The van der Waals surface area contributed by atoms with Crippen molar-refractivity contribution in [2.24, 2.45) is 5.92 Å². The molecule has 0 unspecified atom stereocenters. The first-order valence-electron chi connectivity index (χ1n) is 7.05. The maximum absolute atomic E-state index is 11.9. The second-order valence-electron chi connectivity index (χ2n) is 5.70. The Balaban J connectivity index is 1.71. The summed E-state index contributed by atoms with van der Waals surface area (Å²) < 4.78 is 22.6. The number of carbonyl (C=O) groups excluding carboxylic acids is 1. The summed E-state index contributed by atoms with van der Waals surface area (Å²) in [7, 11) is -2.81. The molecule has 1 saturated carbocycles. The van der Waals surface area contributed by atoms with E-state index >= 15 is 0 Å². The van der Waals surface area contributed by atoms with Crippen molar-refractivity contribution in [2.75, 3.05) is 11.5 Å². The summed E-state index contributed by atoms with van der Waals surface area (Å²) in [5, 5.41) is 3.10. The molecule has 104 valence electrons. The van der Waals surface area contributed by atoms with Crippen LogP contribution in [0.2, 0.25) is 0 Å². The van der Waals surface area contributed by atoms with Crippen LogP contribution in [-0.2, 0) is 14.6 Å². The molecular weight excluding hydrogens is 250 g/mol. The van der Waals surface area contributed by atoms with Crippen molar-refractivity contribution < 1.29 is 13.2 Å². The molecule has 0 spiro atoms. The maximum Gasteiger partial charge on any atom is 0.220 e. The molecular formula is C13H23NO3S. The van der Waals surface area contributed by atoms with Crippen LogP contribution >= 0.6 is 0 Å². The second-order valence-corrected chi connectivity index (χ2v) is 8.01. The molecule has 0 bridgehead atoms. The number of amides is 1. The highest BCUT2D eigenvalue weighted by atomic mass is 32.2. The zero-order valence-electron chi connectivity index (χ0n) is 10.9. The number of carbonyl (C=O) groups is 1. The van der Waals surface area contributed by atoms with Crippen LogP contribution in [0.3, 0.4) is 0 Å². The van der Waals surface area contributed by atoms with Gasteiger partial charge in [0.2, 0.25) is 5.91 Å². The van der Waals surface area contributed by atoms with Crippen LogP contribution < -0.4 is 5.32 Å². The Bertz CT molecular complexity index is 371. The first kappa shape index (κ1) is 13.8. The van der Waals surface area contributed by atoms with E-state index in [0.29, 0.717) is 25.3 Å². The number of rotatable bonds is 3. The highest BCUT2D eigenvalue weighted by Crippen LogP contribution is 2.23. The molecule has 2 fully saturated rings. The minimum atomic E-state index is -2.81. The van der Waals surface area contributed by atoms with E-state index in [1.807, 2.05) is 0 Å². The molecule has 2 rings (SSSR count). The third-order valence-corrected chi connectivity index (χ3v) is 5.83. The van der Waals surface area contributed by atoms with E-state index in [2.05, 4.69) is 5.32 Å². The summed E-state index contributed by atoms with van der Waals surface area (Å²) in [5.74, 6) is 0.895. The van der Waals surface area contributed by atoms with Crippen LogP contribution in [0.5, 0.6) is 0 Å². The summed E-state index contributed by atoms with van der Waals surface area (Å²) in [6.07, 6.45) is 7.73. The van der Waals surface area contributed by atoms with Gasteiger partial charge in [-0.05, 0) is 31.6 Å². The Morgan fingerprint density at radius 2 is 1.61 bits per heavy atom. The van der Waals surface area contributed by atoms with Crippen molar-refractivity contribution >= 4 is 15.7 Å². The quantitative estimate of drug-likeness (QED) is 0.850. The van der Waals surface area contributed by atoms with Gasteiger partial charge < -0.3 is 5.32 Å². The van der Waals surface area contributed by atoms with Crippen molar-refractivity contribution in [3.8, 4) is 0 Å². The van der Waals surface area contributed by atoms with E-state index in [4.69, 9.17) is 0 Å². The first-order chi connectivity index (χ1) is 8.55. The molecule has 5 heteroatoms. The standard InChI is InChI=1S/C13H23NO3S/c15-13(14-12-4-2-1-3-5-12)10-11-6-8-18(16,17)9-7-11/h11-12H,1-10H2,(H,14,15). The number of hydrogen-bond acceptors (Lipinski definition) is 3. The van der Waals surface area contributed by atoms with Crippen LogP contribution in [0.1, 0.15) is 51.4 Å². The van der Waals surface area contributed by atoms with Crippen molar-refractivity contribution in [3.63, 3.8) is 0 Å². The van der Waals surface area contributed by atoms with Crippen LogP contribution in [-0.4, -0.2) is 31.9 Å². The van der Waals surface area contributed by atoms with Gasteiger partial charge in [-0.1, -0.05) is 19.3 Å². The fraction of sp³-hybridized carbons (Fsp3) is 0.923. The Morgan fingerprint density at radius 3 is 2.22 bits per heavy atom. The predicted octanol–water partition coefficient (Wildman–Crippen LogP) is 1.65. The lowest BCUT2D eigenvalue weighted by atomic mass is 9.94. The molecule has 2 aliphatic rings. The Kier molecular flexibility index (Phi) is 4.65. The monoisotopic (exact) mass is 273 g/mol. The first-order valence-corrected chi connectivity index (χ1v) is 8.87. The van der Waals surface area contributed by atoms with Gasteiger partial charge in [0.15, 0.2) is 0 Å². The van der Waals surface area contributed by atoms with E-state index in [1.165, 1.54) is 19.3 Å². The molecule has 0 aromatic rings. The fourth-order valence-corrected chi connectivity index (χ4v) is 4.53. The van der Waals surface area contributed by atoms with Gasteiger partial charge in [0.1, 0.15) is 9.84 Å². The maximum atomic E-state index is 11.9. The van der Waals surface area contributed by atoms with Crippen molar-refractivity contribution in [1.29, 1.82) is 0 Å². The molecule has 1 N–H and O–H groups in total. The lowest BCUT2D eigenvalue weighted by Gasteiger charge is -2.25. The van der Waals surface area contributed by atoms with Gasteiger partial charge in [-0.25, -0.2) is 8.42 Å². The van der Waals surface area contributed by atoms with Crippen LogP contribution in [0.15, 0.2) is 0 Å². The number of hydrogen-bond donors (Lipinski definition) is 1. The Labute approximate surface area is 109 Å². The van der Waals surface area contributed by atoms with E-state index in [0.717, 1.165) is 12.8 Å². The van der Waals surface area contributed by atoms with Crippen molar-refractivity contribution in [3.05, 3.63) is 0 Å². The highest BCUT2D eigenvalue weighted by molar-refractivity contribution is 7.91. The molecule has 0 radical (unpaired) electrons. The van der Waals surface area contributed by atoms with Crippen LogP contribution in [0, 0.1) is 5.92 Å². The molecule has 1 saturated heterocycles. The summed E-state index contributed by atoms with van der Waals surface area (Å²) >= 11 is 0. The molecule has 1 aliphatic heterocycles. The van der Waals surface area contributed by atoms with Crippen LogP contribution in [0.25, 0.3) is 0 Å². The third-order valence-electron chi connectivity index (χ3n) is 4.12. The smallest absolute Gasteiger partial charge is 0.220 e. The molecule has 18 heavy (non-hydrogen) atoms. The van der Waals surface area contributed by atoms with Gasteiger partial charge in [0.05, 0.1) is 11.5 Å². The van der Waals surface area contributed by atoms with E-state index in [-0.39, 0.29) is 23.3 Å². The topological polar surface area (TPSA) is 63.2 Å². The van der Waals surface area contributed by atoms with Crippen molar-refractivity contribution in [1.82, 2.24) is 5.32 Å². The van der Waals surface area contributed by atoms with Crippen molar-refractivity contribution in [2.45, 2.75) is 57.4 Å². The molecule has 0 aromatic carbocycles. The molecule has 0 aromatic heterocycles. The molecule has 4 nitrogen and oxygen atoms in total. The third kappa shape index (κ3) is 4.26. The molecule has 1 amide bonds. The average molecular weight is 273 g/mol. The summed E-state index contributed by atoms with van der Waals surface area (Å²) in [6.45, 7) is 0. The minimum absolute atomic E-state index is 0.117. The fourth-order valence-electron chi connectivity index (χ4n) is 2.94. The zero-order chi connectivity index (χ0) is 13.0. The molecule has 1 heterocycles. The van der Waals surface area contributed by atoms with E-state index in [9.17, 15) is 13.2 Å². The van der Waals surface area contributed by atoms with Gasteiger partial charge in [0, 0.05) is 12.5 Å². The van der Waals surface area contributed by atoms with Gasteiger partial charge in [-0.15, -0.1) is 0 Å². The lowest BCUT2D eigenvalue weighted by Crippen LogP contribution is -2.38. The summed E-state index contributed by atoms with van der Waals surface area (Å²) in [6, 6.07) is 0.360. The molecule has 0 atom stereocenters. The normalized spacial score (nSPS) is 25.8. The number of sulfone groups is 1. The van der Waals surface area contributed by atoms with Gasteiger partial charge in [-0.3, -0.25) is 4.79 Å². The summed E-state index contributed by atoms with van der Waals surface area (Å²) in [4.78, 5) is 11.9. The average Bonchev–Trinajstić information content (AvgIpc) is 2.33. The second kappa shape index (κ2) is 6.04. The van der Waals surface area contributed by atoms with E-state index < -0.39 is 9.84 Å². The zero-order valence-corrected chi connectivity index (χ0v) is 11.7. The Hall–Kier alpha value is -0.580. The lowest BCUT2D eigenvalue weighted by molar-refractivity contribution is -0.123. The minimum Gasteiger partial charge on any atom is -0.353 e. The number of nitrogens with one attached hydrogen (secondary N) is 1. The Morgan fingerprint density at radius 1 is 1.00 bits per heavy atom.